The summed E-state index contributed by atoms with van der Waals surface area (Å²) in [7, 11) is 0. The number of phenolic OH excluding ortho intramolecular Hbond substituents is 2. The van der Waals surface area contributed by atoms with Crippen LogP contribution < -0.4 is 0 Å². The maximum Gasteiger partial charge on any atom is 0.338 e. The Bertz CT molecular complexity index is 2630. The Balaban J connectivity index is 1.39. The topological polar surface area (TPSA) is 419 Å². The molecule has 4 fully saturated rings. The largest absolute Gasteiger partial charge is 0.508 e. The van der Waals surface area contributed by atoms with E-state index in [1.54, 1.807) is 6.07 Å². The van der Waals surface area contributed by atoms with Gasteiger partial charge in [0.25, 0.3) is 0 Å². The van der Waals surface area contributed by atoms with Crippen molar-refractivity contribution >= 4 is 42.0 Å². The normalized spacial score (nSPS) is 34.1. The van der Waals surface area contributed by atoms with Crippen molar-refractivity contribution in [2.24, 2.45) is 0 Å². The van der Waals surface area contributed by atoms with Crippen molar-refractivity contribution in [3.63, 3.8) is 0 Å². The monoisotopic (exact) mass is 1150 g/mol. The van der Waals surface area contributed by atoms with E-state index in [1.807, 2.05) is 0 Å². The molecule has 81 heavy (non-hydrogen) atoms. The van der Waals surface area contributed by atoms with Gasteiger partial charge in [-0.15, -0.1) is 0 Å². The standard InChI is InChI=1S/C53H62O28/c1-25(56)70-22-34-39(63)42(66)44(68)51(74-34)77-46-45(76-37(61)19-13-28-10-16-31(59)17-11-28)35(23-71-26(2)57)75-52(47(46)78-50-43(67)41(65)38(62)32(20-54)73-50)81-53(24-72-36(60)18-12-27-8-14-30(58)15-9-27)48(40(64)33(21-55)80-53)79-49(69)29-6-4-3-5-7-29/h3-19,32-35,38-48,50-52,54-55,58-59,62-68H,20-24H2,1-2H3/b18-12+,19-13+/t32-,33-,34-,35-,38-,39-,40-,41+,42+,43-,44-,45-,46+,47-,48+,50+,51+,52+,53+/m1/s1. The third-order valence-corrected chi connectivity index (χ3v) is 13.1. The van der Waals surface area contributed by atoms with Crippen molar-refractivity contribution in [2.45, 2.75) is 130 Å². The fourth-order valence-corrected chi connectivity index (χ4v) is 8.85. The predicted molar refractivity (Wildman–Crippen MR) is 265 cm³/mol. The van der Waals surface area contributed by atoms with Crippen LogP contribution in [0.3, 0.4) is 0 Å². The molecule has 4 aliphatic rings. The predicted octanol–water partition coefficient (Wildman–Crippen LogP) is -2.80. The molecule has 0 radical (unpaired) electrons. The van der Waals surface area contributed by atoms with Crippen molar-refractivity contribution in [2.75, 3.05) is 33.0 Å². The smallest absolute Gasteiger partial charge is 0.338 e. The highest BCUT2D eigenvalue weighted by molar-refractivity contribution is 5.90. The molecule has 0 amide bonds. The second-order valence-electron chi connectivity index (χ2n) is 18.9. The van der Waals surface area contributed by atoms with Crippen LogP contribution in [0.4, 0.5) is 0 Å². The number of aliphatic hydroxyl groups is 9. The van der Waals surface area contributed by atoms with Gasteiger partial charge in [-0.05, 0) is 59.7 Å². The van der Waals surface area contributed by atoms with E-state index in [9.17, 15) is 80.1 Å². The Morgan fingerprint density at radius 2 is 1.01 bits per heavy atom. The molecule has 0 unspecified atom stereocenters. The molecule has 0 spiro atoms. The molecule has 3 aromatic rings. The van der Waals surface area contributed by atoms with Gasteiger partial charge in [-0.3, -0.25) is 9.59 Å². The van der Waals surface area contributed by atoms with E-state index in [2.05, 4.69) is 0 Å². The van der Waals surface area contributed by atoms with Gasteiger partial charge in [0, 0.05) is 26.0 Å². The van der Waals surface area contributed by atoms with E-state index in [4.69, 9.17) is 56.8 Å². The molecule has 19 atom stereocenters. The first-order chi connectivity index (χ1) is 38.6. The Kier molecular flexibility index (Phi) is 21.4. The molecule has 4 saturated heterocycles. The molecule has 3 aromatic carbocycles. The highest BCUT2D eigenvalue weighted by atomic mass is 16.8. The number of benzene rings is 3. The first-order valence-corrected chi connectivity index (χ1v) is 25.1. The third kappa shape index (κ3) is 15.5. The van der Waals surface area contributed by atoms with Gasteiger partial charge in [0.15, 0.2) is 31.1 Å². The van der Waals surface area contributed by atoms with Crippen LogP contribution in [0, 0.1) is 0 Å². The fourth-order valence-electron chi connectivity index (χ4n) is 8.85. The van der Waals surface area contributed by atoms with Crippen molar-refractivity contribution in [1.29, 1.82) is 0 Å². The zero-order valence-electron chi connectivity index (χ0n) is 43.1. The summed E-state index contributed by atoms with van der Waals surface area (Å²) < 4.78 is 71.2. The number of carbonyl (C=O) groups is 5. The van der Waals surface area contributed by atoms with E-state index < -0.39 is 179 Å². The number of aliphatic hydroxyl groups excluding tert-OH is 9. The van der Waals surface area contributed by atoms with Crippen LogP contribution in [0.15, 0.2) is 91.0 Å². The van der Waals surface area contributed by atoms with Crippen molar-refractivity contribution in [1.82, 2.24) is 0 Å². The number of ether oxygens (including phenoxy) is 12. The summed E-state index contributed by atoms with van der Waals surface area (Å²) in [6.07, 6.45) is -33.4. The number of phenols is 2. The Morgan fingerprint density at radius 1 is 0.519 bits per heavy atom. The van der Waals surface area contributed by atoms with Gasteiger partial charge in [0.1, 0.15) is 111 Å². The first-order valence-electron chi connectivity index (χ1n) is 25.1. The van der Waals surface area contributed by atoms with E-state index in [0.29, 0.717) is 11.1 Å². The van der Waals surface area contributed by atoms with Gasteiger partial charge >= 0.3 is 29.8 Å². The van der Waals surface area contributed by atoms with Crippen LogP contribution in [-0.4, -0.2) is 235 Å². The molecule has 0 bridgehead atoms. The molecule has 4 heterocycles. The molecule has 0 aliphatic carbocycles. The summed E-state index contributed by atoms with van der Waals surface area (Å²) >= 11 is 0. The molecule has 7 rings (SSSR count). The van der Waals surface area contributed by atoms with E-state index in [0.717, 1.165) is 26.0 Å². The SMILES string of the molecule is CC(=O)OC[C@H]1O[C@@H](O[C@@H]2[C@@H](O[C@@H]3O[C@H](CO)[C@@H](O)[C@H](O)[C@H]3O)[C@H](O[C@]3(COC(=O)/C=C/c4ccc(O)cc4)O[C@H](CO)[C@@H](O)[C@@H]3OC(=O)c3ccccc3)O[C@H](COC(C)=O)[C@H]2OC(=O)/C=C/c2ccc(O)cc2)[C@H](O)[C@@H](O)[C@@H]1O. The summed E-state index contributed by atoms with van der Waals surface area (Å²) in [4.78, 5) is 66.1. The summed E-state index contributed by atoms with van der Waals surface area (Å²) in [5.41, 5.74) is 0.632. The van der Waals surface area contributed by atoms with Crippen LogP contribution in [0.5, 0.6) is 11.5 Å². The minimum absolute atomic E-state index is 0.0870. The zero-order chi connectivity index (χ0) is 58.7. The lowest BCUT2D eigenvalue weighted by Crippen LogP contribution is -2.69. The Labute approximate surface area is 460 Å². The summed E-state index contributed by atoms with van der Waals surface area (Å²) in [6, 6.07) is 18.2. The van der Waals surface area contributed by atoms with Gasteiger partial charge in [-0.2, -0.15) is 0 Å². The molecule has 0 saturated carbocycles. The van der Waals surface area contributed by atoms with Gasteiger partial charge < -0.3 is 113 Å². The first kappa shape index (κ1) is 62.1. The minimum atomic E-state index is -2.91. The molecule has 4 aliphatic heterocycles. The number of hydrogen-bond donors (Lipinski definition) is 11. The molecule has 28 heteroatoms. The van der Waals surface area contributed by atoms with Crippen LogP contribution in [0.1, 0.15) is 35.3 Å². The maximum atomic E-state index is 14.0. The van der Waals surface area contributed by atoms with Gasteiger partial charge in [0.05, 0.1) is 18.8 Å². The number of carbonyl (C=O) groups excluding carboxylic acids is 5. The molecule has 442 valence electrons. The molecular weight excluding hydrogens is 1080 g/mol. The van der Waals surface area contributed by atoms with Gasteiger partial charge in [0.2, 0.25) is 5.79 Å². The van der Waals surface area contributed by atoms with E-state index in [-0.39, 0.29) is 17.1 Å². The van der Waals surface area contributed by atoms with Crippen LogP contribution in [0.2, 0.25) is 0 Å². The second kappa shape index (κ2) is 27.9. The fraction of sp³-hybridized carbons (Fsp3) is 0.491. The Morgan fingerprint density at radius 3 is 1.56 bits per heavy atom. The van der Waals surface area contributed by atoms with Crippen molar-refractivity contribution in [3.8, 4) is 11.5 Å². The lowest BCUT2D eigenvalue weighted by molar-refractivity contribution is -0.421. The lowest BCUT2D eigenvalue weighted by atomic mass is 9.95. The maximum absolute atomic E-state index is 14.0. The van der Waals surface area contributed by atoms with Crippen molar-refractivity contribution in [3.05, 3.63) is 108 Å². The van der Waals surface area contributed by atoms with E-state index >= 15 is 0 Å². The molecule has 11 N–H and O–H groups in total. The van der Waals surface area contributed by atoms with Gasteiger partial charge in [-0.25, -0.2) is 14.4 Å². The Hall–Kier alpha value is -6.55. The van der Waals surface area contributed by atoms with Crippen molar-refractivity contribution < 1.29 is 137 Å². The van der Waals surface area contributed by atoms with E-state index in [1.165, 1.54) is 84.9 Å². The zero-order valence-corrected chi connectivity index (χ0v) is 43.1. The number of rotatable bonds is 21. The molecule has 28 nitrogen and oxygen atoms in total. The van der Waals surface area contributed by atoms with Crippen LogP contribution in [-0.2, 0) is 76.0 Å². The average molecular weight is 1150 g/mol. The second-order valence-corrected chi connectivity index (χ2v) is 18.9. The lowest BCUT2D eigenvalue weighted by Gasteiger charge is -2.50. The number of hydrogen-bond acceptors (Lipinski definition) is 28. The molecule has 0 aromatic heterocycles. The van der Waals surface area contributed by atoms with Crippen LogP contribution in [0.25, 0.3) is 12.2 Å². The summed E-state index contributed by atoms with van der Waals surface area (Å²) in [6.45, 7) is -2.98. The number of esters is 5. The summed E-state index contributed by atoms with van der Waals surface area (Å²) in [5, 5.41) is 119. The van der Waals surface area contributed by atoms with Crippen LogP contribution >= 0.6 is 0 Å². The highest BCUT2D eigenvalue weighted by Gasteiger charge is 2.64. The average Bonchev–Trinajstić information content (AvgIpc) is 3.58. The highest BCUT2D eigenvalue weighted by Crippen LogP contribution is 2.42. The third-order valence-electron chi connectivity index (χ3n) is 13.1. The van der Waals surface area contributed by atoms with Gasteiger partial charge in [-0.1, -0.05) is 42.5 Å². The quantitative estimate of drug-likeness (QED) is 0.0291. The minimum Gasteiger partial charge on any atom is -0.508 e. The summed E-state index contributed by atoms with van der Waals surface area (Å²) in [5.74, 6) is -8.49. The number of aromatic hydroxyl groups is 2. The molecular formula is C53H62O28.